The minimum Gasteiger partial charge on any atom is -0.496 e. The van der Waals surface area contributed by atoms with Crippen molar-refractivity contribution in [2.24, 2.45) is 4.99 Å². The number of nitrogens with one attached hydrogen (secondary N) is 3. The molecule has 8 heteroatoms. The Morgan fingerprint density at radius 2 is 2.00 bits per heavy atom. The van der Waals surface area contributed by atoms with Gasteiger partial charge in [-0.05, 0) is 43.6 Å². The van der Waals surface area contributed by atoms with E-state index in [0.29, 0.717) is 6.54 Å². The quantitative estimate of drug-likeness (QED) is 0.374. The molecular formula is C24H31N7O. The molecule has 3 N–H and O–H groups in total. The predicted molar refractivity (Wildman–Crippen MR) is 127 cm³/mol. The molecule has 3 aromatic rings. The number of para-hydroxylation sites is 1. The highest BCUT2D eigenvalue weighted by atomic mass is 16.5. The maximum Gasteiger partial charge on any atom is 0.191 e. The summed E-state index contributed by atoms with van der Waals surface area (Å²) in [6.07, 6.45) is 3.99. The molecule has 2 aromatic carbocycles. The van der Waals surface area contributed by atoms with E-state index < -0.39 is 0 Å². The summed E-state index contributed by atoms with van der Waals surface area (Å²) in [6, 6.07) is 16.7. The van der Waals surface area contributed by atoms with E-state index in [1.54, 1.807) is 14.2 Å². The zero-order valence-electron chi connectivity index (χ0n) is 18.7. The minimum atomic E-state index is 0.224. The van der Waals surface area contributed by atoms with Crippen molar-refractivity contribution in [1.29, 1.82) is 0 Å². The normalized spacial score (nSPS) is 15.5. The molecule has 0 saturated carbocycles. The van der Waals surface area contributed by atoms with Gasteiger partial charge in [-0.3, -0.25) is 15.0 Å². The van der Waals surface area contributed by atoms with E-state index in [0.717, 1.165) is 48.3 Å². The van der Waals surface area contributed by atoms with Crippen LogP contribution in [0, 0.1) is 0 Å². The van der Waals surface area contributed by atoms with Crippen molar-refractivity contribution in [2.45, 2.75) is 25.4 Å². The summed E-state index contributed by atoms with van der Waals surface area (Å²) >= 11 is 0. The first kappa shape index (κ1) is 21.8. The maximum atomic E-state index is 5.65. The molecule has 8 nitrogen and oxygen atoms in total. The number of ether oxygens (including phenoxy) is 1. The van der Waals surface area contributed by atoms with Crippen molar-refractivity contribution in [2.75, 3.05) is 33.8 Å². The third-order valence-corrected chi connectivity index (χ3v) is 5.84. The molecule has 168 valence electrons. The summed E-state index contributed by atoms with van der Waals surface area (Å²) in [5.74, 6) is 2.46. The number of aliphatic imine (C=N–C) groups is 1. The van der Waals surface area contributed by atoms with E-state index in [9.17, 15) is 0 Å². The summed E-state index contributed by atoms with van der Waals surface area (Å²) in [4.78, 5) is 11.2. The lowest BCUT2D eigenvalue weighted by Gasteiger charge is -2.30. The Labute approximate surface area is 189 Å². The smallest absolute Gasteiger partial charge is 0.191 e. The van der Waals surface area contributed by atoms with Crippen molar-refractivity contribution < 1.29 is 4.74 Å². The van der Waals surface area contributed by atoms with Gasteiger partial charge in [0.25, 0.3) is 0 Å². The zero-order chi connectivity index (χ0) is 22.2. The largest absolute Gasteiger partial charge is 0.496 e. The summed E-state index contributed by atoms with van der Waals surface area (Å²) in [7, 11) is 3.54. The minimum absolute atomic E-state index is 0.224. The number of hydrogen-bond acceptors (Lipinski definition) is 5. The molecule has 0 amide bonds. The van der Waals surface area contributed by atoms with Crippen molar-refractivity contribution in [1.82, 2.24) is 30.7 Å². The molecule has 2 heterocycles. The van der Waals surface area contributed by atoms with Crippen LogP contribution in [0.5, 0.6) is 5.75 Å². The number of guanidine groups is 1. The van der Waals surface area contributed by atoms with Crippen LogP contribution in [0.15, 0.2) is 59.9 Å². The molecule has 1 unspecified atom stereocenters. The van der Waals surface area contributed by atoms with E-state index in [-0.39, 0.29) is 6.04 Å². The number of nitrogens with zero attached hydrogens (tertiary/aromatic N) is 4. The van der Waals surface area contributed by atoms with Gasteiger partial charge in [-0.15, -0.1) is 0 Å². The first-order chi connectivity index (χ1) is 15.8. The number of rotatable bonds is 8. The van der Waals surface area contributed by atoms with Gasteiger partial charge < -0.3 is 15.4 Å². The molecule has 1 aliphatic rings. The lowest BCUT2D eigenvalue weighted by molar-refractivity contribution is 0.239. The van der Waals surface area contributed by atoms with Crippen LogP contribution in [0.3, 0.4) is 0 Å². The van der Waals surface area contributed by atoms with Gasteiger partial charge in [-0.1, -0.05) is 36.4 Å². The second kappa shape index (κ2) is 10.8. The predicted octanol–water partition coefficient (Wildman–Crippen LogP) is 2.98. The lowest BCUT2D eigenvalue weighted by atomic mass is 10.0. The van der Waals surface area contributed by atoms with Crippen LogP contribution in [0.1, 0.15) is 30.0 Å². The Hall–Kier alpha value is -3.39. The van der Waals surface area contributed by atoms with Crippen LogP contribution >= 0.6 is 0 Å². The molecule has 1 aliphatic heterocycles. The van der Waals surface area contributed by atoms with E-state index in [2.05, 4.69) is 60.0 Å². The van der Waals surface area contributed by atoms with E-state index in [1.807, 2.05) is 24.3 Å². The van der Waals surface area contributed by atoms with E-state index in [4.69, 9.17) is 4.74 Å². The number of benzene rings is 2. The molecule has 1 aromatic heterocycles. The average molecular weight is 434 g/mol. The van der Waals surface area contributed by atoms with Crippen LogP contribution < -0.4 is 15.4 Å². The number of aromatic nitrogens is 3. The molecule has 4 rings (SSSR count). The number of methoxy groups -OCH3 is 1. The van der Waals surface area contributed by atoms with Crippen LogP contribution in [0.2, 0.25) is 0 Å². The fourth-order valence-corrected chi connectivity index (χ4v) is 4.20. The summed E-state index contributed by atoms with van der Waals surface area (Å²) < 4.78 is 5.65. The molecular weight excluding hydrogens is 402 g/mol. The molecule has 1 fully saturated rings. The summed E-state index contributed by atoms with van der Waals surface area (Å²) in [6.45, 7) is 3.61. The molecule has 1 saturated heterocycles. The average Bonchev–Trinajstić information content (AvgIpc) is 3.56. The zero-order valence-corrected chi connectivity index (χ0v) is 18.7. The van der Waals surface area contributed by atoms with Gasteiger partial charge in [0.15, 0.2) is 11.8 Å². The highest BCUT2D eigenvalue weighted by Gasteiger charge is 2.26. The third-order valence-electron chi connectivity index (χ3n) is 5.84. The standard InChI is InChI=1S/C24H31N7O/c1-25-24(26-15-18-8-7-9-19(14-18)23-28-17-29-30-23)27-16-21(31-12-5-6-13-31)20-10-3-4-11-22(20)32-2/h3-4,7-11,14,17,21H,5-6,12-13,15-16H2,1-2H3,(H2,25,26,27)(H,28,29,30). The molecule has 1 atom stereocenters. The van der Waals surface area contributed by atoms with Crippen molar-refractivity contribution in [3.63, 3.8) is 0 Å². The molecule has 0 spiro atoms. The van der Waals surface area contributed by atoms with Gasteiger partial charge in [-0.2, -0.15) is 5.10 Å². The highest BCUT2D eigenvalue weighted by molar-refractivity contribution is 5.79. The lowest BCUT2D eigenvalue weighted by Crippen LogP contribution is -2.42. The SMILES string of the molecule is CN=C(NCc1cccc(-c2ncn[nH]2)c1)NCC(c1ccccc1OC)N1CCCC1. The Balaban J connectivity index is 1.41. The topological polar surface area (TPSA) is 90.5 Å². The van der Waals surface area contributed by atoms with Gasteiger partial charge in [0, 0.05) is 31.3 Å². The Morgan fingerprint density at radius 3 is 2.75 bits per heavy atom. The maximum absolute atomic E-state index is 5.65. The Bertz CT molecular complexity index is 1010. The second-order valence-corrected chi connectivity index (χ2v) is 7.84. The number of likely N-dealkylation sites (tertiary alicyclic amines) is 1. The first-order valence-corrected chi connectivity index (χ1v) is 11.0. The Morgan fingerprint density at radius 1 is 1.16 bits per heavy atom. The first-order valence-electron chi connectivity index (χ1n) is 11.0. The fourth-order valence-electron chi connectivity index (χ4n) is 4.20. The number of hydrogen-bond donors (Lipinski definition) is 3. The fraction of sp³-hybridized carbons (Fsp3) is 0.375. The van der Waals surface area contributed by atoms with Crippen LogP contribution in [0.25, 0.3) is 11.4 Å². The van der Waals surface area contributed by atoms with Crippen LogP contribution in [0.4, 0.5) is 0 Å². The molecule has 0 radical (unpaired) electrons. The van der Waals surface area contributed by atoms with Gasteiger partial charge in [-0.25, -0.2) is 4.98 Å². The van der Waals surface area contributed by atoms with Gasteiger partial charge in [0.2, 0.25) is 0 Å². The van der Waals surface area contributed by atoms with Gasteiger partial charge in [0.1, 0.15) is 12.1 Å². The molecule has 0 bridgehead atoms. The van der Waals surface area contributed by atoms with E-state index in [1.165, 1.54) is 24.7 Å². The third kappa shape index (κ3) is 5.26. The summed E-state index contributed by atoms with van der Waals surface area (Å²) in [5.41, 5.74) is 3.36. The van der Waals surface area contributed by atoms with Gasteiger partial charge in [0.05, 0.1) is 13.2 Å². The summed E-state index contributed by atoms with van der Waals surface area (Å²) in [5, 5.41) is 13.8. The highest BCUT2D eigenvalue weighted by Crippen LogP contribution is 2.31. The monoisotopic (exact) mass is 433 g/mol. The van der Waals surface area contributed by atoms with Gasteiger partial charge >= 0.3 is 0 Å². The van der Waals surface area contributed by atoms with E-state index >= 15 is 0 Å². The van der Waals surface area contributed by atoms with Crippen molar-refractivity contribution >= 4 is 5.96 Å². The number of aromatic amines is 1. The van der Waals surface area contributed by atoms with Crippen molar-refractivity contribution in [3.8, 4) is 17.1 Å². The van der Waals surface area contributed by atoms with Crippen molar-refractivity contribution in [3.05, 3.63) is 66.0 Å². The molecule has 32 heavy (non-hydrogen) atoms. The second-order valence-electron chi connectivity index (χ2n) is 7.84. The Kier molecular flexibility index (Phi) is 7.34. The van der Waals surface area contributed by atoms with Crippen LogP contribution in [-0.2, 0) is 6.54 Å². The number of H-pyrrole nitrogens is 1. The molecule has 0 aliphatic carbocycles. The van der Waals surface area contributed by atoms with Crippen LogP contribution in [-0.4, -0.2) is 59.8 Å².